The van der Waals surface area contributed by atoms with Gasteiger partial charge in [0.05, 0.1) is 19.3 Å². The first-order chi connectivity index (χ1) is 7.56. The third-order valence-electron chi connectivity index (χ3n) is 4.88. The largest absolute Gasteiger partial charge is 0.391 e. The van der Waals surface area contributed by atoms with Crippen LogP contribution in [0.3, 0.4) is 0 Å². The fraction of sp³-hybridized carbons (Fsp3) is 1.00. The van der Waals surface area contributed by atoms with E-state index in [1.165, 1.54) is 0 Å². The minimum Gasteiger partial charge on any atom is -0.391 e. The second-order valence-corrected chi connectivity index (χ2v) is 6.89. The number of hydrogen-bond acceptors (Lipinski definition) is 3. The van der Waals surface area contributed by atoms with Crippen LogP contribution < -0.4 is 0 Å². The molecule has 0 unspecified atom stereocenters. The van der Waals surface area contributed by atoms with Crippen LogP contribution in [0.5, 0.6) is 0 Å². The van der Waals surface area contributed by atoms with Crippen LogP contribution in [0.2, 0.25) is 0 Å². The van der Waals surface area contributed by atoms with Crippen LogP contribution in [0, 0.1) is 11.3 Å². The lowest BCUT2D eigenvalue weighted by Gasteiger charge is -2.45. The van der Waals surface area contributed by atoms with E-state index in [0.29, 0.717) is 5.92 Å². The molecule has 4 heteroatoms. The molecule has 0 aromatic rings. The molecule has 3 aliphatic rings. The molecule has 3 fully saturated rings. The van der Waals surface area contributed by atoms with Gasteiger partial charge in [0.1, 0.15) is 0 Å². The molecule has 3 nitrogen and oxygen atoms in total. The van der Waals surface area contributed by atoms with Crippen molar-refractivity contribution in [1.29, 1.82) is 0 Å². The quantitative estimate of drug-likeness (QED) is 0.694. The first-order valence-electron chi connectivity index (χ1n) is 6.16. The van der Waals surface area contributed by atoms with Crippen LogP contribution in [-0.4, -0.2) is 35.0 Å². The molecule has 0 amide bonds. The molecular weight excluding hydrogens is 272 g/mol. The van der Waals surface area contributed by atoms with Crippen molar-refractivity contribution in [3.05, 3.63) is 0 Å². The normalized spacial score (nSPS) is 50.8. The van der Waals surface area contributed by atoms with Crippen molar-refractivity contribution in [2.24, 2.45) is 11.3 Å². The molecule has 3 rings (SSSR count). The maximum atomic E-state index is 10.3. The Bertz CT molecular complexity index is 290. The lowest BCUT2D eigenvalue weighted by atomic mass is 9.66. The fourth-order valence-electron chi connectivity index (χ4n) is 3.69. The highest BCUT2D eigenvalue weighted by Gasteiger charge is 2.57. The standard InChI is InChI=1S/C12H19BrO3/c1-11-2-3-12(15-4-5-16-12)7-8(11)6-9(13)10(11)14/h8-10,14H,2-7H2,1H3/t8-,9+,10+,11+/m1/s1. The number of ether oxygens (including phenoxy) is 2. The lowest BCUT2D eigenvalue weighted by Crippen LogP contribution is -2.46. The fourth-order valence-corrected chi connectivity index (χ4v) is 4.74. The van der Waals surface area contributed by atoms with Gasteiger partial charge in [-0.1, -0.05) is 22.9 Å². The molecule has 1 N–H and O–H groups in total. The molecule has 0 radical (unpaired) electrons. The van der Waals surface area contributed by atoms with Crippen molar-refractivity contribution in [2.75, 3.05) is 13.2 Å². The van der Waals surface area contributed by atoms with Crippen molar-refractivity contribution >= 4 is 15.9 Å². The zero-order valence-corrected chi connectivity index (χ0v) is 11.2. The summed E-state index contributed by atoms with van der Waals surface area (Å²) in [6.45, 7) is 3.67. The number of rotatable bonds is 0. The second-order valence-electron chi connectivity index (χ2n) is 5.71. The summed E-state index contributed by atoms with van der Waals surface area (Å²) in [7, 11) is 0. The van der Waals surface area contributed by atoms with E-state index in [0.717, 1.165) is 38.9 Å². The molecular formula is C12H19BrO3. The summed E-state index contributed by atoms with van der Waals surface area (Å²) in [5.74, 6) is 0.194. The zero-order chi connectivity index (χ0) is 11.4. The summed E-state index contributed by atoms with van der Waals surface area (Å²) in [5, 5.41) is 10.3. The highest BCUT2D eigenvalue weighted by atomic mass is 79.9. The van der Waals surface area contributed by atoms with E-state index < -0.39 is 0 Å². The number of aliphatic hydroxyl groups is 1. The molecule has 0 aromatic carbocycles. The van der Waals surface area contributed by atoms with Gasteiger partial charge in [-0.2, -0.15) is 0 Å². The van der Waals surface area contributed by atoms with E-state index in [-0.39, 0.29) is 22.1 Å². The van der Waals surface area contributed by atoms with E-state index in [2.05, 4.69) is 22.9 Å². The maximum absolute atomic E-state index is 10.3. The number of fused-ring (bicyclic) bond motifs is 1. The van der Waals surface area contributed by atoms with Crippen molar-refractivity contribution < 1.29 is 14.6 Å². The van der Waals surface area contributed by atoms with Gasteiger partial charge in [0.2, 0.25) is 0 Å². The van der Waals surface area contributed by atoms with Gasteiger partial charge in [0.25, 0.3) is 0 Å². The van der Waals surface area contributed by atoms with Crippen molar-refractivity contribution in [1.82, 2.24) is 0 Å². The van der Waals surface area contributed by atoms with Gasteiger partial charge in [-0.15, -0.1) is 0 Å². The third-order valence-corrected chi connectivity index (χ3v) is 5.75. The first-order valence-corrected chi connectivity index (χ1v) is 7.07. The summed E-state index contributed by atoms with van der Waals surface area (Å²) in [6.07, 6.45) is 3.68. The van der Waals surface area contributed by atoms with Crippen LogP contribution in [0.1, 0.15) is 32.6 Å². The maximum Gasteiger partial charge on any atom is 0.168 e. The number of hydrogen-bond donors (Lipinski definition) is 1. The van der Waals surface area contributed by atoms with Crippen molar-refractivity contribution in [3.63, 3.8) is 0 Å². The van der Waals surface area contributed by atoms with E-state index >= 15 is 0 Å². The summed E-state index contributed by atoms with van der Waals surface area (Å²) >= 11 is 3.59. The Morgan fingerprint density at radius 2 is 1.94 bits per heavy atom. The van der Waals surface area contributed by atoms with Crippen LogP contribution >= 0.6 is 15.9 Å². The van der Waals surface area contributed by atoms with Crippen LogP contribution in [-0.2, 0) is 9.47 Å². The summed E-state index contributed by atoms with van der Waals surface area (Å²) < 4.78 is 11.6. The van der Waals surface area contributed by atoms with Gasteiger partial charge in [0.15, 0.2) is 5.79 Å². The van der Waals surface area contributed by atoms with E-state index in [1.54, 1.807) is 0 Å². The lowest BCUT2D eigenvalue weighted by molar-refractivity contribution is -0.208. The molecule has 16 heavy (non-hydrogen) atoms. The predicted molar refractivity (Wildman–Crippen MR) is 63.4 cm³/mol. The monoisotopic (exact) mass is 290 g/mol. The average molecular weight is 291 g/mol. The molecule has 4 atom stereocenters. The highest BCUT2D eigenvalue weighted by molar-refractivity contribution is 9.09. The molecule has 2 saturated carbocycles. The predicted octanol–water partition coefficient (Wildman–Crippen LogP) is 2.06. The van der Waals surface area contributed by atoms with Crippen LogP contribution in [0.25, 0.3) is 0 Å². The van der Waals surface area contributed by atoms with Gasteiger partial charge in [-0.25, -0.2) is 0 Å². The van der Waals surface area contributed by atoms with Gasteiger partial charge in [0, 0.05) is 17.7 Å². The Hall–Kier alpha value is 0.360. The SMILES string of the molecule is C[C@]12CCC3(C[C@H]1C[C@H](Br)[C@@H]2O)OCCO3. The minimum absolute atomic E-state index is 0.0503. The van der Waals surface area contributed by atoms with E-state index in [4.69, 9.17) is 9.47 Å². The van der Waals surface area contributed by atoms with Crippen molar-refractivity contribution in [3.8, 4) is 0 Å². The van der Waals surface area contributed by atoms with Gasteiger partial charge in [-0.3, -0.25) is 0 Å². The first kappa shape index (κ1) is 11.5. The van der Waals surface area contributed by atoms with Crippen LogP contribution in [0.4, 0.5) is 0 Å². The number of halogens is 1. The molecule has 92 valence electrons. The Labute approximate surface area is 105 Å². The number of aliphatic hydroxyl groups excluding tert-OH is 1. The van der Waals surface area contributed by atoms with Crippen molar-refractivity contribution in [2.45, 2.75) is 49.3 Å². The molecule has 1 heterocycles. The topological polar surface area (TPSA) is 38.7 Å². The molecule has 1 spiro atoms. The molecule has 2 aliphatic carbocycles. The van der Waals surface area contributed by atoms with Gasteiger partial charge < -0.3 is 14.6 Å². The zero-order valence-electron chi connectivity index (χ0n) is 9.62. The summed E-state index contributed by atoms with van der Waals surface area (Å²) in [6, 6.07) is 0. The summed E-state index contributed by atoms with van der Waals surface area (Å²) in [4.78, 5) is 0.235. The molecule has 1 saturated heterocycles. The van der Waals surface area contributed by atoms with E-state index in [1.807, 2.05) is 0 Å². The average Bonchev–Trinajstić information content (AvgIpc) is 2.79. The smallest absolute Gasteiger partial charge is 0.168 e. The molecule has 0 aromatic heterocycles. The minimum atomic E-state index is -0.318. The van der Waals surface area contributed by atoms with Gasteiger partial charge in [-0.05, 0) is 24.2 Å². The summed E-state index contributed by atoms with van der Waals surface area (Å²) in [5.41, 5.74) is 0.0503. The second kappa shape index (κ2) is 3.67. The Morgan fingerprint density at radius 1 is 1.25 bits per heavy atom. The molecule has 0 bridgehead atoms. The number of alkyl halides is 1. The Kier molecular flexibility index (Phi) is 2.63. The van der Waals surface area contributed by atoms with E-state index in [9.17, 15) is 5.11 Å². The van der Waals surface area contributed by atoms with Gasteiger partial charge >= 0.3 is 0 Å². The molecule has 1 aliphatic heterocycles. The third kappa shape index (κ3) is 1.50. The highest BCUT2D eigenvalue weighted by Crippen LogP contribution is 2.57. The Morgan fingerprint density at radius 3 is 2.62 bits per heavy atom. The Balaban J connectivity index is 1.81. The van der Waals surface area contributed by atoms with Crippen LogP contribution in [0.15, 0.2) is 0 Å².